The summed E-state index contributed by atoms with van der Waals surface area (Å²) in [5.74, 6) is -10.3. The van der Waals surface area contributed by atoms with Crippen LogP contribution in [0.2, 0.25) is 0 Å². The lowest BCUT2D eigenvalue weighted by atomic mass is 9.92. The van der Waals surface area contributed by atoms with Crippen LogP contribution in [-0.4, -0.2) is 211 Å². The first-order valence-electron chi connectivity index (χ1n) is 30.6. The number of cyclic esters (lactones) is 1. The average Bonchev–Trinajstić information content (AvgIpc) is 1.25. The largest absolute Gasteiger partial charge is 0.497 e. The second-order valence-electron chi connectivity index (χ2n) is 25.8. The minimum atomic E-state index is -1.58. The molecule has 11 atom stereocenters. The van der Waals surface area contributed by atoms with Gasteiger partial charge in [0.25, 0.3) is 5.91 Å². The molecule has 484 valence electrons. The summed E-state index contributed by atoms with van der Waals surface area (Å²) in [6, 6.07) is -3.52. The van der Waals surface area contributed by atoms with E-state index < -0.39 is 162 Å². The molecule has 0 aromatic heterocycles. The summed E-state index contributed by atoms with van der Waals surface area (Å²) < 4.78 is 16.9. The number of hydrogen-bond donors (Lipinski definition) is 3. The lowest BCUT2D eigenvalue weighted by Crippen LogP contribution is -2.63. The highest BCUT2D eigenvalue weighted by Crippen LogP contribution is 2.27. The van der Waals surface area contributed by atoms with Crippen molar-refractivity contribution >= 4 is 65.1 Å². The fourth-order valence-corrected chi connectivity index (χ4v) is 11.2. The van der Waals surface area contributed by atoms with Crippen molar-refractivity contribution in [1.82, 2.24) is 45.3 Å². The molecule has 1 aromatic rings. The van der Waals surface area contributed by atoms with Gasteiger partial charge in [0.05, 0.1) is 26.7 Å². The number of piperidine rings is 1. The molecule has 2 heterocycles. The number of fused-ring (bicyclic) bond motifs is 1. The van der Waals surface area contributed by atoms with E-state index in [1.54, 1.807) is 79.7 Å². The van der Waals surface area contributed by atoms with Gasteiger partial charge < -0.3 is 59.6 Å². The summed E-state index contributed by atoms with van der Waals surface area (Å²) in [6.45, 7) is 24.2. The third-order valence-electron chi connectivity index (χ3n) is 16.9. The highest BCUT2D eigenvalue weighted by Gasteiger charge is 2.46. The molecular weight excluding hydrogens is 1110 g/mol. The van der Waals surface area contributed by atoms with Gasteiger partial charge in [-0.3, -0.25) is 47.9 Å². The summed E-state index contributed by atoms with van der Waals surface area (Å²) in [5.41, 5.74) is 0.375. The number of carbonyl (C=O) groups is 11. The Bertz CT molecular complexity index is 2530. The van der Waals surface area contributed by atoms with Crippen LogP contribution in [-0.2, 0) is 68.6 Å². The van der Waals surface area contributed by atoms with Crippen molar-refractivity contribution in [3.63, 3.8) is 0 Å². The van der Waals surface area contributed by atoms with Crippen molar-refractivity contribution in [2.45, 2.75) is 203 Å². The Morgan fingerprint density at radius 3 is 1.71 bits per heavy atom. The van der Waals surface area contributed by atoms with E-state index in [0.29, 0.717) is 43.4 Å². The number of nitrogens with one attached hydrogen (secondary N) is 3. The van der Waals surface area contributed by atoms with E-state index in [2.05, 4.69) is 16.0 Å². The summed E-state index contributed by atoms with van der Waals surface area (Å²) in [4.78, 5) is 168. The molecule has 23 nitrogen and oxygen atoms in total. The zero-order chi connectivity index (χ0) is 65.4. The zero-order valence-electron chi connectivity index (χ0n) is 55.1. The molecule has 23 heteroatoms. The molecule has 86 heavy (non-hydrogen) atoms. The molecular formula is C63H103N9O14. The van der Waals surface area contributed by atoms with Gasteiger partial charge in [-0.2, -0.15) is 0 Å². The molecule has 0 spiro atoms. The highest BCUT2D eigenvalue weighted by molar-refractivity contribution is 5.99. The van der Waals surface area contributed by atoms with Gasteiger partial charge in [-0.15, -0.1) is 0 Å². The Kier molecular flexibility index (Phi) is 28.0. The fraction of sp³-hybridized carbons (Fsp3) is 0.730. The van der Waals surface area contributed by atoms with Crippen LogP contribution in [0.5, 0.6) is 5.75 Å². The molecule has 3 N–H and O–H groups in total. The number of esters is 2. The van der Waals surface area contributed by atoms with Crippen LogP contribution in [0.4, 0.5) is 0 Å². The predicted molar refractivity (Wildman–Crippen MR) is 324 cm³/mol. The molecule has 0 radical (unpaired) electrons. The molecule has 1 aromatic carbocycles. The second kappa shape index (κ2) is 32.8. The maximum absolute atomic E-state index is 15.3. The Morgan fingerprint density at radius 1 is 0.640 bits per heavy atom. The average molecular weight is 1210 g/mol. The number of hydrogen-bond acceptors (Lipinski definition) is 14. The first kappa shape index (κ1) is 73.4. The quantitative estimate of drug-likeness (QED) is 0.220. The van der Waals surface area contributed by atoms with Gasteiger partial charge in [-0.25, -0.2) is 4.79 Å². The van der Waals surface area contributed by atoms with Crippen molar-refractivity contribution in [3.8, 4) is 5.75 Å². The molecule has 0 aliphatic carbocycles. The van der Waals surface area contributed by atoms with Crippen LogP contribution in [0.15, 0.2) is 24.3 Å². The van der Waals surface area contributed by atoms with Crippen molar-refractivity contribution < 1.29 is 67.0 Å². The predicted octanol–water partition coefficient (Wildman–Crippen LogP) is 4.21. The molecule has 0 saturated carbocycles. The van der Waals surface area contributed by atoms with Gasteiger partial charge >= 0.3 is 11.9 Å². The van der Waals surface area contributed by atoms with Crippen molar-refractivity contribution in [3.05, 3.63) is 29.8 Å². The minimum Gasteiger partial charge on any atom is -0.497 e. The Morgan fingerprint density at radius 2 is 1.17 bits per heavy atom. The number of amides is 9. The first-order chi connectivity index (χ1) is 40.1. The molecule has 0 unspecified atom stereocenters. The summed E-state index contributed by atoms with van der Waals surface area (Å²) in [5, 5.41) is 8.32. The van der Waals surface area contributed by atoms with E-state index in [1.165, 1.54) is 68.9 Å². The van der Waals surface area contributed by atoms with E-state index in [1.807, 2.05) is 34.6 Å². The van der Waals surface area contributed by atoms with Gasteiger partial charge in [-0.1, -0.05) is 115 Å². The minimum absolute atomic E-state index is 0.0172. The fourth-order valence-electron chi connectivity index (χ4n) is 11.2. The molecule has 3 rings (SSSR count). The van der Waals surface area contributed by atoms with Gasteiger partial charge in [0, 0.05) is 48.2 Å². The summed E-state index contributed by atoms with van der Waals surface area (Å²) in [6.07, 6.45) is 0.320. The van der Waals surface area contributed by atoms with E-state index in [9.17, 15) is 38.4 Å². The van der Waals surface area contributed by atoms with Crippen LogP contribution in [0, 0.1) is 35.0 Å². The number of nitrogens with zero attached hydrogens (tertiary/aromatic N) is 6. The lowest BCUT2D eigenvalue weighted by molar-refractivity contribution is -0.165. The van der Waals surface area contributed by atoms with Gasteiger partial charge in [0.15, 0.2) is 6.10 Å². The number of carbonyl (C=O) groups excluding carboxylic acids is 11. The normalized spacial score (nSPS) is 25.9. The smallest absolute Gasteiger partial charge is 0.329 e. The van der Waals surface area contributed by atoms with E-state index in [4.69, 9.17) is 14.2 Å². The van der Waals surface area contributed by atoms with Crippen molar-refractivity contribution in [2.24, 2.45) is 35.0 Å². The van der Waals surface area contributed by atoms with Crippen molar-refractivity contribution in [1.29, 1.82) is 0 Å². The monoisotopic (exact) mass is 1210 g/mol. The Labute approximate surface area is 511 Å². The van der Waals surface area contributed by atoms with Crippen LogP contribution < -0.4 is 20.7 Å². The SMILES string of the molecule is CC[C@H](C)[C@H]1C(=O)NCC(=O)N(C)[C@@H](C(C)C)C(=O)N[C@@H](Cc2ccc(OC)cc2)C(=O)O[C@H](C)C(=O)N2CCCC[C@H]2C(=O)N(C)[C@@H](C(C)C)C(=O)N[C@@H](C(C)C)C(=O)N(C)[C@@H](CC(=O)OCCC(C)(C)C)C(=O)N(C)[C@@H]([C@@H](C)CC)C(=O)N1C. The number of rotatable bonds is 14. The van der Waals surface area contributed by atoms with Crippen LogP contribution in [0.1, 0.15) is 147 Å². The molecule has 2 saturated heterocycles. The Hall–Kier alpha value is -6.81. The van der Waals surface area contributed by atoms with E-state index in [0.717, 1.165) is 9.80 Å². The highest BCUT2D eigenvalue weighted by atomic mass is 16.6. The van der Waals surface area contributed by atoms with Crippen LogP contribution in [0.25, 0.3) is 0 Å². The number of methoxy groups -OCH3 is 1. The zero-order valence-corrected chi connectivity index (χ0v) is 55.1. The van der Waals surface area contributed by atoms with Crippen LogP contribution >= 0.6 is 0 Å². The number of ether oxygens (including phenoxy) is 3. The Balaban J connectivity index is 2.31. The van der Waals surface area contributed by atoms with Gasteiger partial charge in [0.2, 0.25) is 47.3 Å². The summed E-state index contributed by atoms with van der Waals surface area (Å²) in [7, 11) is 8.49. The third-order valence-corrected chi connectivity index (χ3v) is 16.9. The first-order valence-corrected chi connectivity index (χ1v) is 30.6. The third kappa shape index (κ3) is 19.3. The molecule has 2 aliphatic heterocycles. The number of benzene rings is 1. The molecule has 0 bridgehead atoms. The maximum Gasteiger partial charge on any atom is 0.329 e. The topological polar surface area (TPSA) is 271 Å². The van der Waals surface area contributed by atoms with Crippen molar-refractivity contribution in [2.75, 3.05) is 62.0 Å². The van der Waals surface area contributed by atoms with Gasteiger partial charge in [-0.05, 0) is 85.3 Å². The molecule has 2 fully saturated rings. The number of likely N-dealkylation sites (N-methyl/N-ethyl adjacent to an activating group) is 5. The lowest BCUT2D eigenvalue weighted by Gasteiger charge is -2.41. The van der Waals surface area contributed by atoms with E-state index >= 15 is 14.4 Å². The van der Waals surface area contributed by atoms with E-state index in [-0.39, 0.29) is 31.4 Å². The standard InChI is InChI=1S/C63H103N9O14/c1-21-39(9)52-54(75)64-35-47(73)68(16)50(37(5)6)55(76)65-44(33-42-26-28-43(84-20)29-27-42)62(83)86-41(11)57(78)72-31-24-23-25-45(72)58(79)69(17)51(38(7)8)56(77)66-49(36(3)4)60(81)67(15)46(34-48(74)85-32-30-63(12,13)14)59(80)71(19)53(40(10)22-2)61(82)70(52)18/h26-29,36-41,44-46,49-53H,21-25,30-35H2,1-20H3,(H,64,75)(H,65,76)(H,66,77)/t39-,40-,41+,44-,45-,46-,49-,50-,51-,52-,53-/m0/s1. The van der Waals surface area contributed by atoms with Crippen LogP contribution in [0.3, 0.4) is 0 Å². The van der Waals surface area contributed by atoms with Gasteiger partial charge in [0.1, 0.15) is 54.1 Å². The maximum atomic E-state index is 15.3. The molecule has 2 aliphatic rings. The second-order valence-corrected chi connectivity index (χ2v) is 25.8. The molecule has 9 amide bonds. The summed E-state index contributed by atoms with van der Waals surface area (Å²) >= 11 is 0.